The Hall–Kier alpha value is -2.89. The van der Waals surface area contributed by atoms with Crippen molar-refractivity contribution in [2.45, 2.75) is 19.0 Å². The van der Waals surface area contributed by atoms with Crippen molar-refractivity contribution in [3.8, 4) is 17.2 Å². The number of para-hydroxylation sites is 1. The number of nitrogens with one attached hydrogen (secondary N) is 2. The highest BCUT2D eigenvalue weighted by atomic mass is 16.6. The SMILES string of the molecule is O=C(NCc1ccc2c(c1)OCCO2)N[C@H]1CCOc2ccccc21. The maximum absolute atomic E-state index is 12.3. The number of hydrogen-bond acceptors (Lipinski definition) is 4. The highest BCUT2D eigenvalue weighted by molar-refractivity contribution is 5.74. The molecule has 2 aromatic carbocycles. The van der Waals surface area contributed by atoms with Gasteiger partial charge in [0, 0.05) is 18.5 Å². The first-order valence-corrected chi connectivity index (χ1v) is 8.44. The van der Waals surface area contributed by atoms with E-state index in [4.69, 9.17) is 14.2 Å². The van der Waals surface area contributed by atoms with E-state index < -0.39 is 0 Å². The van der Waals surface area contributed by atoms with Crippen molar-refractivity contribution in [1.29, 1.82) is 0 Å². The number of fused-ring (bicyclic) bond motifs is 2. The average molecular weight is 340 g/mol. The third kappa shape index (κ3) is 3.47. The number of carbonyl (C=O) groups is 1. The summed E-state index contributed by atoms with van der Waals surface area (Å²) < 4.78 is 16.7. The van der Waals surface area contributed by atoms with Crippen molar-refractivity contribution < 1.29 is 19.0 Å². The zero-order valence-electron chi connectivity index (χ0n) is 13.8. The summed E-state index contributed by atoms with van der Waals surface area (Å²) >= 11 is 0. The molecule has 0 fully saturated rings. The second-order valence-electron chi connectivity index (χ2n) is 6.03. The molecular weight excluding hydrogens is 320 g/mol. The smallest absolute Gasteiger partial charge is 0.315 e. The third-order valence-corrected chi connectivity index (χ3v) is 4.32. The predicted molar refractivity (Wildman–Crippen MR) is 92.1 cm³/mol. The Morgan fingerprint density at radius 1 is 0.960 bits per heavy atom. The summed E-state index contributed by atoms with van der Waals surface area (Å²) in [6.07, 6.45) is 0.758. The van der Waals surface area contributed by atoms with Crippen molar-refractivity contribution in [3.63, 3.8) is 0 Å². The van der Waals surface area contributed by atoms with Crippen LogP contribution in [0.2, 0.25) is 0 Å². The number of ether oxygens (including phenoxy) is 3. The number of carbonyl (C=O) groups excluding carboxylic acids is 1. The summed E-state index contributed by atoms with van der Waals surface area (Å²) in [5.74, 6) is 2.31. The molecule has 2 N–H and O–H groups in total. The maximum Gasteiger partial charge on any atom is 0.315 e. The summed E-state index contributed by atoms with van der Waals surface area (Å²) in [5.41, 5.74) is 1.98. The van der Waals surface area contributed by atoms with Crippen molar-refractivity contribution in [3.05, 3.63) is 53.6 Å². The molecule has 0 bridgehead atoms. The van der Waals surface area contributed by atoms with Crippen molar-refractivity contribution in [2.24, 2.45) is 0 Å². The Balaban J connectivity index is 1.36. The Labute approximate surface area is 146 Å². The Bertz CT molecular complexity index is 778. The van der Waals surface area contributed by atoms with Crippen LogP contribution < -0.4 is 24.8 Å². The second-order valence-corrected chi connectivity index (χ2v) is 6.03. The minimum Gasteiger partial charge on any atom is -0.493 e. The monoisotopic (exact) mass is 340 g/mol. The van der Waals surface area contributed by atoms with Crippen molar-refractivity contribution in [2.75, 3.05) is 19.8 Å². The first-order valence-electron chi connectivity index (χ1n) is 8.44. The van der Waals surface area contributed by atoms with Crippen LogP contribution in [0.15, 0.2) is 42.5 Å². The van der Waals surface area contributed by atoms with Gasteiger partial charge < -0.3 is 24.8 Å². The van der Waals surface area contributed by atoms with Crippen LogP contribution in [0.4, 0.5) is 4.79 Å². The first-order chi connectivity index (χ1) is 12.3. The molecule has 2 heterocycles. The van der Waals surface area contributed by atoms with E-state index in [-0.39, 0.29) is 12.1 Å². The molecule has 2 aromatic rings. The summed E-state index contributed by atoms with van der Waals surface area (Å²) in [5, 5.41) is 5.92. The normalized spacial score (nSPS) is 17.8. The maximum atomic E-state index is 12.3. The largest absolute Gasteiger partial charge is 0.493 e. The van der Waals surface area contributed by atoms with Crippen LogP contribution in [0.25, 0.3) is 0 Å². The van der Waals surface area contributed by atoms with E-state index in [0.717, 1.165) is 34.8 Å². The molecule has 25 heavy (non-hydrogen) atoms. The van der Waals surface area contributed by atoms with Gasteiger partial charge in [0.25, 0.3) is 0 Å². The molecular formula is C19H20N2O4. The molecule has 1 atom stereocenters. The molecule has 130 valence electrons. The Morgan fingerprint density at radius 2 is 1.76 bits per heavy atom. The first kappa shape index (κ1) is 15.6. The van der Waals surface area contributed by atoms with Gasteiger partial charge in [-0.3, -0.25) is 0 Å². The Kier molecular flexibility index (Phi) is 4.33. The van der Waals surface area contributed by atoms with Gasteiger partial charge in [-0.05, 0) is 23.8 Å². The molecule has 0 aliphatic carbocycles. The van der Waals surface area contributed by atoms with Crippen LogP contribution in [-0.2, 0) is 6.54 Å². The topological polar surface area (TPSA) is 68.8 Å². The summed E-state index contributed by atoms with van der Waals surface area (Å²) in [4.78, 5) is 12.3. The fourth-order valence-electron chi connectivity index (χ4n) is 3.08. The molecule has 6 nitrogen and oxygen atoms in total. The lowest BCUT2D eigenvalue weighted by Gasteiger charge is -2.26. The second kappa shape index (κ2) is 6.93. The molecule has 4 rings (SSSR count). The quantitative estimate of drug-likeness (QED) is 0.901. The van der Waals surface area contributed by atoms with Gasteiger partial charge in [-0.1, -0.05) is 24.3 Å². The summed E-state index contributed by atoms with van der Waals surface area (Å²) in [6.45, 7) is 2.14. The Morgan fingerprint density at radius 3 is 2.68 bits per heavy atom. The van der Waals surface area contributed by atoms with Gasteiger partial charge in [0.1, 0.15) is 19.0 Å². The van der Waals surface area contributed by atoms with Crippen LogP contribution in [0.1, 0.15) is 23.6 Å². The molecule has 2 amide bonds. The average Bonchev–Trinajstić information content (AvgIpc) is 2.66. The van der Waals surface area contributed by atoms with Crippen LogP contribution in [0, 0.1) is 0 Å². The third-order valence-electron chi connectivity index (χ3n) is 4.32. The molecule has 6 heteroatoms. The van der Waals surface area contributed by atoms with E-state index in [1.807, 2.05) is 42.5 Å². The standard InChI is InChI=1S/C19H20N2O4/c22-19(21-15-7-8-23-16-4-2-1-3-14(15)16)20-12-13-5-6-17-18(11-13)25-10-9-24-17/h1-6,11,15H,7-10,12H2,(H2,20,21,22)/t15-/m0/s1. The van der Waals surface area contributed by atoms with E-state index in [2.05, 4.69) is 10.6 Å². The number of hydrogen-bond donors (Lipinski definition) is 2. The van der Waals surface area contributed by atoms with Crippen LogP contribution in [0.5, 0.6) is 17.2 Å². The summed E-state index contributed by atoms with van der Waals surface area (Å²) in [6, 6.07) is 13.3. The molecule has 0 saturated heterocycles. The predicted octanol–water partition coefficient (Wildman–Crippen LogP) is 2.78. The van der Waals surface area contributed by atoms with Crippen molar-refractivity contribution in [1.82, 2.24) is 10.6 Å². The van der Waals surface area contributed by atoms with Crippen LogP contribution in [-0.4, -0.2) is 25.9 Å². The fraction of sp³-hybridized carbons (Fsp3) is 0.316. The highest BCUT2D eigenvalue weighted by Crippen LogP contribution is 2.32. The molecule has 0 saturated carbocycles. The molecule has 2 aliphatic heterocycles. The zero-order chi connectivity index (χ0) is 17.1. The number of rotatable bonds is 3. The molecule has 0 aromatic heterocycles. The zero-order valence-corrected chi connectivity index (χ0v) is 13.8. The highest BCUT2D eigenvalue weighted by Gasteiger charge is 2.22. The van der Waals surface area contributed by atoms with E-state index in [9.17, 15) is 4.79 Å². The van der Waals surface area contributed by atoms with Gasteiger partial charge in [-0.2, -0.15) is 0 Å². The van der Waals surface area contributed by atoms with E-state index in [0.29, 0.717) is 26.4 Å². The van der Waals surface area contributed by atoms with Gasteiger partial charge in [0.2, 0.25) is 0 Å². The number of benzene rings is 2. The van der Waals surface area contributed by atoms with Gasteiger partial charge in [0.15, 0.2) is 11.5 Å². The molecule has 0 unspecified atom stereocenters. The van der Waals surface area contributed by atoms with Crippen molar-refractivity contribution >= 4 is 6.03 Å². The van der Waals surface area contributed by atoms with E-state index in [1.165, 1.54) is 0 Å². The molecule has 0 spiro atoms. The van der Waals surface area contributed by atoms with Gasteiger partial charge in [0.05, 0.1) is 12.6 Å². The minimum absolute atomic E-state index is 0.0368. The van der Waals surface area contributed by atoms with E-state index >= 15 is 0 Å². The van der Waals surface area contributed by atoms with Gasteiger partial charge in [-0.15, -0.1) is 0 Å². The summed E-state index contributed by atoms with van der Waals surface area (Å²) in [7, 11) is 0. The van der Waals surface area contributed by atoms with Gasteiger partial charge >= 0.3 is 6.03 Å². The van der Waals surface area contributed by atoms with E-state index in [1.54, 1.807) is 0 Å². The van der Waals surface area contributed by atoms with Crippen LogP contribution in [0.3, 0.4) is 0 Å². The lowest BCUT2D eigenvalue weighted by molar-refractivity contribution is 0.171. The lowest BCUT2D eigenvalue weighted by Crippen LogP contribution is -2.39. The number of amides is 2. The molecule has 2 aliphatic rings. The van der Waals surface area contributed by atoms with Gasteiger partial charge in [-0.25, -0.2) is 4.79 Å². The minimum atomic E-state index is -0.198. The molecule has 0 radical (unpaired) electrons. The van der Waals surface area contributed by atoms with Crippen LogP contribution >= 0.6 is 0 Å². The lowest BCUT2D eigenvalue weighted by atomic mass is 10.0. The number of urea groups is 1. The fourth-order valence-corrected chi connectivity index (χ4v) is 3.08.